The van der Waals surface area contributed by atoms with Crippen LogP contribution in [0.2, 0.25) is 0 Å². The molecule has 0 radical (unpaired) electrons. The minimum atomic E-state index is -0.587. The summed E-state index contributed by atoms with van der Waals surface area (Å²) in [5, 5.41) is 10.8. The van der Waals surface area contributed by atoms with Crippen LogP contribution in [-0.4, -0.2) is 29.4 Å². The van der Waals surface area contributed by atoms with E-state index in [1.165, 1.54) is 53.8 Å². The summed E-state index contributed by atoms with van der Waals surface area (Å²) in [6.07, 6.45) is 1.29. The number of benzene rings is 1. The number of fused-ring (bicyclic) bond motifs is 1. The number of carbonyl (C=O) groups is 1. The molecule has 128 valence electrons. The average Bonchev–Trinajstić information content (AvgIpc) is 3.01. The molecule has 3 aromatic rings. The topological polar surface area (TPSA) is 122 Å². The van der Waals surface area contributed by atoms with Gasteiger partial charge in [-0.2, -0.15) is 0 Å². The van der Waals surface area contributed by atoms with Crippen LogP contribution < -0.4 is 11.2 Å². The largest absolute Gasteiger partial charge is 0.332 e. The lowest BCUT2D eigenvalue weighted by Crippen LogP contribution is -2.37. The van der Waals surface area contributed by atoms with E-state index in [-0.39, 0.29) is 29.0 Å². The second kappa shape index (κ2) is 5.82. The molecule has 2 heterocycles. The van der Waals surface area contributed by atoms with Crippen LogP contribution in [0.15, 0.2) is 40.2 Å². The first kappa shape index (κ1) is 16.3. The zero-order valence-corrected chi connectivity index (χ0v) is 13.4. The van der Waals surface area contributed by atoms with Crippen molar-refractivity contribution in [1.82, 2.24) is 18.7 Å². The van der Waals surface area contributed by atoms with E-state index in [0.29, 0.717) is 0 Å². The van der Waals surface area contributed by atoms with Crippen LogP contribution in [0, 0.1) is 10.1 Å². The van der Waals surface area contributed by atoms with Gasteiger partial charge < -0.3 is 4.57 Å². The molecule has 0 bridgehead atoms. The molecule has 3 rings (SSSR count). The highest BCUT2D eigenvalue weighted by molar-refractivity contribution is 5.97. The van der Waals surface area contributed by atoms with Crippen LogP contribution >= 0.6 is 0 Å². The molecular weight excluding hydrogens is 330 g/mol. The Morgan fingerprint density at radius 3 is 2.64 bits per heavy atom. The number of nitro groups is 1. The van der Waals surface area contributed by atoms with Gasteiger partial charge in [0.25, 0.3) is 11.2 Å². The lowest BCUT2D eigenvalue weighted by molar-refractivity contribution is -0.384. The third kappa shape index (κ3) is 2.63. The standard InChI is InChI=1S/C15H13N5O5/c1-17-13-12(14(22)18(2)15(17)23)16-8-19(13)7-11(21)9-4-3-5-10(6-9)20(24)25/h3-6,8H,7H2,1-2H3. The van der Waals surface area contributed by atoms with Crippen molar-refractivity contribution in [2.75, 3.05) is 0 Å². The lowest BCUT2D eigenvalue weighted by Gasteiger charge is -2.08. The number of hydrogen-bond acceptors (Lipinski definition) is 6. The molecule has 10 nitrogen and oxygen atoms in total. The first-order chi connectivity index (χ1) is 11.8. The fraction of sp³-hybridized carbons (Fsp3) is 0.200. The van der Waals surface area contributed by atoms with E-state index in [1.807, 2.05) is 0 Å². The Morgan fingerprint density at radius 2 is 1.96 bits per heavy atom. The first-order valence-corrected chi connectivity index (χ1v) is 7.19. The van der Waals surface area contributed by atoms with Crippen LogP contribution in [0.5, 0.6) is 0 Å². The van der Waals surface area contributed by atoms with Crippen molar-refractivity contribution in [1.29, 1.82) is 0 Å². The third-order valence-electron chi connectivity index (χ3n) is 3.90. The smallest absolute Gasteiger partial charge is 0.309 e. The molecule has 0 spiro atoms. The predicted octanol–water partition coefficient (Wildman–Crippen LogP) is 0.225. The number of nitrogens with zero attached hydrogens (tertiary/aromatic N) is 5. The summed E-state index contributed by atoms with van der Waals surface area (Å²) in [4.78, 5) is 50.8. The monoisotopic (exact) mass is 343 g/mol. The number of non-ortho nitro benzene ring substituents is 1. The van der Waals surface area contributed by atoms with Gasteiger partial charge in [0.1, 0.15) is 5.65 Å². The summed E-state index contributed by atoms with van der Waals surface area (Å²) < 4.78 is 3.53. The Hall–Kier alpha value is -3.56. The van der Waals surface area contributed by atoms with Gasteiger partial charge in [-0.1, -0.05) is 12.1 Å². The van der Waals surface area contributed by atoms with Gasteiger partial charge >= 0.3 is 5.69 Å². The Balaban J connectivity index is 2.06. The zero-order valence-electron chi connectivity index (χ0n) is 13.4. The van der Waals surface area contributed by atoms with Gasteiger partial charge in [0.15, 0.2) is 11.3 Å². The molecule has 0 amide bonds. The van der Waals surface area contributed by atoms with Gasteiger partial charge in [-0.3, -0.25) is 28.8 Å². The van der Waals surface area contributed by atoms with Gasteiger partial charge in [0, 0.05) is 31.8 Å². The number of ketones is 1. The number of aromatic nitrogens is 4. The number of nitro benzene ring substituents is 1. The minimum Gasteiger partial charge on any atom is -0.309 e. The molecule has 0 unspecified atom stereocenters. The number of rotatable bonds is 4. The number of carbonyl (C=O) groups excluding carboxylic acids is 1. The SMILES string of the molecule is Cn1c(=O)c2ncn(CC(=O)c3cccc([N+](=O)[O-])c3)c2n(C)c1=O. The summed E-state index contributed by atoms with van der Waals surface area (Å²) in [7, 11) is 2.82. The number of aryl methyl sites for hydroxylation is 1. The summed E-state index contributed by atoms with van der Waals surface area (Å²) in [5.74, 6) is -0.406. The van der Waals surface area contributed by atoms with Crippen molar-refractivity contribution in [3.63, 3.8) is 0 Å². The third-order valence-corrected chi connectivity index (χ3v) is 3.90. The normalized spacial score (nSPS) is 11.0. The molecular formula is C15H13N5O5. The summed E-state index contributed by atoms with van der Waals surface area (Å²) in [5.41, 5.74) is -0.850. The van der Waals surface area contributed by atoms with Gasteiger partial charge in [-0.05, 0) is 0 Å². The molecule has 0 atom stereocenters. The maximum Gasteiger partial charge on any atom is 0.332 e. The van der Waals surface area contributed by atoms with Crippen LogP contribution in [-0.2, 0) is 20.6 Å². The van der Waals surface area contributed by atoms with E-state index in [2.05, 4.69) is 4.98 Å². The van der Waals surface area contributed by atoms with E-state index in [9.17, 15) is 24.5 Å². The molecule has 0 aliphatic carbocycles. The fourth-order valence-corrected chi connectivity index (χ4v) is 2.59. The number of imidazole rings is 1. The maximum atomic E-state index is 12.4. The van der Waals surface area contributed by atoms with Crippen molar-refractivity contribution in [2.24, 2.45) is 14.1 Å². The molecule has 1 aromatic carbocycles. The van der Waals surface area contributed by atoms with Crippen molar-refractivity contribution in [3.8, 4) is 0 Å². The van der Waals surface area contributed by atoms with Gasteiger partial charge in [0.2, 0.25) is 0 Å². The van der Waals surface area contributed by atoms with Crippen molar-refractivity contribution >= 4 is 22.6 Å². The Morgan fingerprint density at radius 1 is 1.24 bits per heavy atom. The van der Waals surface area contributed by atoms with Crippen LogP contribution in [0.4, 0.5) is 5.69 Å². The molecule has 0 saturated heterocycles. The van der Waals surface area contributed by atoms with E-state index < -0.39 is 22.0 Å². The van der Waals surface area contributed by atoms with Crippen LogP contribution in [0.1, 0.15) is 10.4 Å². The van der Waals surface area contributed by atoms with Gasteiger partial charge in [-0.25, -0.2) is 9.78 Å². The highest BCUT2D eigenvalue weighted by Gasteiger charge is 2.17. The summed E-state index contributed by atoms with van der Waals surface area (Å²) in [6.45, 7) is -0.210. The number of Topliss-reactive ketones (excluding diaryl/α,β-unsaturated/α-hetero) is 1. The van der Waals surface area contributed by atoms with E-state index in [0.717, 1.165) is 4.57 Å². The first-order valence-electron chi connectivity index (χ1n) is 7.19. The molecule has 0 saturated carbocycles. The van der Waals surface area contributed by atoms with Crippen LogP contribution in [0.25, 0.3) is 11.2 Å². The van der Waals surface area contributed by atoms with E-state index >= 15 is 0 Å². The fourth-order valence-electron chi connectivity index (χ4n) is 2.59. The highest BCUT2D eigenvalue weighted by Crippen LogP contribution is 2.15. The van der Waals surface area contributed by atoms with Crippen molar-refractivity contribution in [3.05, 3.63) is 67.1 Å². The predicted molar refractivity (Wildman–Crippen MR) is 87.6 cm³/mol. The summed E-state index contributed by atoms with van der Waals surface area (Å²) >= 11 is 0. The van der Waals surface area contributed by atoms with Gasteiger partial charge in [0.05, 0.1) is 17.8 Å². The quantitative estimate of drug-likeness (QED) is 0.379. The van der Waals surface area contributed by atoms with E-state index in [4.69, 9.17) is 0 Å². The molecule has 0 aliphatic heterocycles. The minimum absolute atomic E-state index is 0.0662. The molecule has 2 aromatic heterocycles. The molecule has 0 fully saturated rings. The van der Waals surface area contributed by atoms with Crippen molar-refractivity contribution < 1.29 is 9.72 Å². The Kier molecular flexibility index (Phi) is 3.79. The zero-order chi connectivity index (χ0) is 18.3. The number of hydrogen-bond donors (Lipinski definition) is 0. The van der Waals surface area contributed by atoms with Crippen molar-refractivity contribution in [2.45, 2.75) is 6.54 Å². The lowest BCUT2D eigenvalue weighted by atomic mass is 10.1. The average molecular weight is 343 g/mol. The van der Waals surface area contributed by atoms with Crippen LogP contribution in [0.3, 0.4) is 0 Å². The molecule has 25 heavy (non-hydrogen) atoms. The molecule has 0 N–H and O–H groups in total. The Labute approximate surface area is 139 Å². The molecule has 0 aliphatic rings. The van der Waals surface area contributed by atoms with Gasteiger partial charge in [-0.15, -0.1) is 0 Å². The second-order valence-electron chi connectivity index (χ2n) is 5.48. The summed E-state index contributed by atoms with van der Waals surface area (Å²) in [6, 6.07) is 5.35. The Bertz CT molecular complexity index is 1140. The molecule has 10 heteroatoms. The maximum absolute atomic E-state index is 12.4. The van der Waals surface area contributed by atoms with E-state index in [1.54, 1.807) is 0 Å². The second-order valence-corrected chi connectivity index (χ2v) is 5.48. The highest BCUT2D eigenvalue weighted by atomic mass is 16.6.